The Bertz CT molecular complexity index is 712. The van der Waals surface area contributed by atoms with Gasteiger partial charge in [-0.15, -0.1) is 0 Å². The topological polar surface area (TPSA) is 86.9 Å². The molecule has 0 aliphatic heterocycles. The van der Waals surface area contributed by atoms with E-state index in [1.165, 1.54) is 7.05 Å². The average molecular weight is 361 g/mol. The van der Waals surface area contributed by atoms with Gasteiger partial charge in [-0.05, 0) is 22.0 Å². The van der Waals surface area contributed by atoms with Gasteiger partial charge in [-0.1, -0.05) is 16.8 Å². The van der Waals surface area contributed by atoms with Gasteiger partial charge in [0, 0.05) is 30.0 Å². The van der Waals surface area contributed by atoms with Crippen LogP contribution < -0.4 is 10.6 Å². The fraction of sp³-hybridized carbons (Fsp3) is 0.167. The van der Waals surface area contributed by atoms with Crippen molar-refractivity contribution in [3.05, 3.63) is 27.9 Å². The lowest BCUT2D eigenvalue weighted by atomic mass is 10.1. The summed E-state index contributed by atoms with van der Waals surface area (Å²) in [5.41, 5.74) is 1.46. The summed E-state index contributed by atoms with van der Waals surface area (Å²) >= 11 is 9.18. The van der Waals surface area contributed by atoms with Gasteiger partial charge in [-0.25, -0.2) is 0 Å². The average Bonchev–Trinajstić information content (AvgIpc) is 2.82. The van der Waals surface area contributed by atoms with Crippen molar-refractivity contribution in [1.29, 1.82) is 0 Å². The van der Waals surface area contributed by atoms with Crippen molar-refractivity contribution in [2.45, 2.75) is 0 Å². The third-order valence-corrected chi connectivity index (χ3v) is 3.68. The van der Waals surface area contributed by atoms with Crippen LogP contribution >= 0.6 is 27.5 Å². The molecule has 2 rings (SSSR count). The highest BCUT2D eigenvalue weighted by molar-refractivity contribution is 9.10. The standard InChI is InChI=1S/C12H11BrClN3O3/c1-15-7-4-8-5(3-6(7)13)9(12(18)16-2)10(20-8)11(14)17-19/h3-4,15,19H,1-2H3,(H,16,18)/b17-11-. The smallest absolute Gasteiger partial charge is 0.255 e. The predicted octanol–water partition coefficient (Wildman–Crippen LogP) is 2.97. The number of fused-ring (bicyclic) bond motifs is 1. The molecule has 0 saturated carbocycles. The van der Waals surface area contributed by atoms with Crippen LogP contribution in [0, 0.1) is 0 Å². The molecule has 3 N–H and O–H groups in total. The van der Waals surface area contributed by atoms with Crippen LogP contribution in [-0.2, 0) is 0 Å². The predicted molar refractivity (Wildman–Crippen MR) is 81.0 cm³/mol. The Balaban J connectivity index is 2.83. The van der Waals surface area contributed by atoms with Gasteiger partial charge in [0.1, 0.15) is 5.58 Å². The molecule has 0 unspecified atom stereocenters. The minimum Gasteiger partial charge on any atom is -0.452 e. The van der Waals surface area contributed by atoms with E-state index in [2.05, 4.69) is 31.7 Å². The first-order chi connectivity index (χ1) is 9.53. The molecule has 0 atom stereocenters. The molecule has 0 aliphatic rings. The number of nitrogens with zero attached hydrogens (tertiary/aromatic N) is 1. The molecule has 0 aliphatic carbocycles. The van der Waals surface area contributed by atoms with E-state index < -0.39 is 0 Å². The Labute approximate surface area is 127 Å². The maximum Gasteiger partial charge on any atom is 0.255 e. The molecule has 0 spiro atoms. The Morgan fingerprint density at radius 1 is 1.45 bits per heavy atom. The summed E-state index contributed by atoms with van der Waals surface area (Å²) < 4.78 is 6.29. The van der Waals surface area contributed by atoms with Crippen molar-refractivity contribution in [1.82, 2.24) is 5.32 Å². The van der Waals surface area contributed by atoms with Crippen molar-refractivity contribution in [2.24, 2.45) is 5.16 Å². The molecular weight excluding hydrogens is 350 g/mol. The van der Waals surface area contributed by atoms with Crippen LogP contribution in [0.1, 0.15) is 16.1 Å². The summed E-state index contributed by atoms with van der Waals surface area (Å²) in [7, 11) is 3.25. The SMILES string of the molecule is CNC(=O)c1c(/C(Cl)=N/O)oc2cc(NC)c(Br)cc12. The maximum atomic E-state index is 12.0. The van der Waals surface area contributed by atoms with Crippen molar-refractivity contribution < 1.29 is 14.4 Å². The number of oxime groups is 1. The number of carbonyl (C=O) groups excluding carboxylic acids is 1. The van der Waals surface area contributed by atoms with Gasteiger partial charge in [0.05, 0.1) is 11.3 Å². The Morgan fingerprint density at radius 3 is 2.70 bits per heavy atom. The van der Waals surface area contributed by atoms with E-state index in [1.54, 1.807) is 19.2 Å². The van der Waals surface area contributed by atoms with Gasteiger partial charge >= 0.3 is 0 Å². The van der Waals surface area contributed by atoms with Crippen molar-refractivity contribution in [3.63, 3.8) is 0 Å². The quantitative estimate of drug-likeness (QED) is 0.446. The van der Waals surface area contributed by atoms with Crippen LogP contribution in [0.4, 0.5) is 5.69 Å². The van der Waals surface area contributed by atoms with Crippen LogP contribution in [0.15, 0.2) is 26.2 Å². The molecule has 0 saturated heterocycles. The third-order valence-electron chi connectivity index (χ3n) is 2.78. The van der Waals surface area contributed by atoms with Crippen LogP contribution in [0.5, 0.6) is 0 Å². The van der Waals surface area contributed by atoms with Gasteiger partial charge in [0.15, 0.2) is 5.76 Å². The zero-order valence-electron chi connectivity index (χ0n) is 10.6. The summed E-state index contributed by atoms with van der Waals surface area (Å²) in [6.07, 6.45) is 0. The first-order valence-corrected chi connectivity index (χ1v) is 6.74. The molecule has 2 aromatic rings. The molecule has 1 amide bonds. The lowest BCUT2D eigenvalue weighted by Crippen LogP contribution is -2.19. The number of halogens is 2. The molecule has 106 valence electrons. The molecule has 1 aromatic heterocycles. The fourth-order valence-electron chi connectivity index (χ4n) is 1.85. The number of hydrogen-bond acceptors (Lipinski definition) is 5. The number of amides is 1. The Hall–Kier alpha value is -1.73. The number of hydrogen-bond donors (Lipinski definition) is 3. The fourth-order valence-corrected chi connectivity index (χ4v) is 2.52. The summed E-state index contributed by atoms with van der Waals surface area (Å²) in [4.78, 5) is 12.0. The largest absolute Gasteiger partial charge is 0.452 e. The van der Waals surface area contributed by atoms with E-state index in [9.17, 15) is 4.79 Å². The van der Waals surface area contributed by atoms with Crippen LogP contribution in [0.25, 0.3) is 11.0 Å². The second-order valence-electron chi connectivity index (χ2n) is 3.85. The minimum atomic E-state index is -0.385. The molecule has 0 fully saturated rings. The molecule has 6 nitrogen and oxygen atoms in total. The van der Waals surface area contributed by atoms with E-state index in [-0.39, 0.29) is 22.4 Å². The maximum absolute atomic E-state index is 12.0. The second kappa shape index (κ2) is 5.72. The van der Waals surface area contributed by atoms with Crippen molar-refractivity contribution in [3.8, 4) is 0 Å². The molecule has 20 heavy (non-hydrogen) atoms. The Morgan fingerprint density at radius 2 is 2.15 bits per heavy atom. The van der Waals surface area contributed by atoms with E-state index in [0.717, 1.165) is 10.2 Å². The minimum absolute atomic E-state index is 0.0173. The molecule has 1 aromatic carbocycles. The zero-order chi connectivity index (χ0) is 14.9. The van der Waals surface area contributed by atoms with Crippen LogP contribution in [0.3, 0.4) is 0 Å². The number of rotatable bonds is 3. The lowest BCUT2D eigenvalue weighted by molar-refractivity contribution is 0.0963. The number of furan rings is 1. The highest BCUT2D eigenvalue weighted by atomic mass is 79.9. The number of benzene rings is 1. The normalized spacial score (nSPS) is 11.7. The second-order valence-corrected chi connectivity index (χ2v) is 5.07. The summed E-state index contributed by atoms with van der Waals surface area (Å²) in [5, 5.41) is 17.4. The highest BCUT2D eigenvalue weighted by Gasteiger charge is 2.24. The summed E-state index contributed by atoms with van der Waals surface area (Å²) in [5.74, 6) is -0.367. The van der Waals surface area contributed by atoms with Gasteiger partial charge in [0.25, 0.3) is 5.91 Å². The van der Waals surface area contributed by atoms with E-state index in [1.807, 2.05) is 0 Å². The first kappa shape index (κ1) is 14.7. The molecule has 0 radical (unpaired) electrons. The highest BCUT2D eigenvalue weighted by Crippen LogP contribution is 2.34. The molecular formula is C12H11BrClN3O3. The molecule has 1 heterocycles. The Kier molecular flexibility index (Phi) is 4.20. The van der Waals surface area contributed by atoms with Gasteiger partial charge < -0.3 is 20.3 Å². The summed E-state index contributed by atoms with van der Waals surface area (Å²) in [6, 6.07) is 3.46. The first-order valence-electron chi connectivity index (χ1n) is 5.57. The third kappa shape index (κ3) is 2.34. The van der Waals surface area contributed by atoms with Crippen molar-refractivity contribution in [2.75, 3.05) is 19.4 Å². The van der Waals surface area contributed by atoms with E-state index >= 15 is 0 Å². The van der Waals surface area contributed by atoms with Gasteiger partial charge in [-0.3, -0.25) is 4.79 Å². The van der Waals surface area contributed by atoms with Gasteiger partial charge in [0.2, 0.25) is 5.17 Å². The van der Waals surface area contributed by atoms with Crippen LogP contribution in [-0.4, -0.2) is 30.4 Å². The summed E-state index contributed by atoms with van der Waals surface area (Å²) in [6.45, 7) is 0. The number of carbonyl (C=O) groups is 1. The monoisotopic (exact) mass is 359 g/mol. The number of anilines is 1. The lowest BCUT2D eigenvalue weighted by Gasteiger charge is -2.03. The van der Waals surface area contributed by atoms with E-state index in [0.29, 0.717) is 11.0 Å². The molecule has 8 heteroatoms. The molecule has 0 bridgehead atoms. The van der Waals surface area contributed by atoms with E-state index in [4.69, 9.17) is 21.2 Å². The van der Waals surface area contributed by atoms with Gasteiger partial charge in [-0.2, -0.15) is 0 Å². The van der Waals surface area contributed by atoms with Crippen molar-refractivity contribution >= 4 is 55.3 Å². The number of nitrogens with one attached hydrogen (secondary N) is 2. The zero-order valence-corrected chi connectivity index (χ0v) is 13.0. The van der Waals surface area contributed by atoms with Crippen LogP contribution in [0.2, 0.25) is 0 Å².